The molecule has 2 aliphatic rings. The standard InChI is InChI=1S/C10H21N3O2S/c1-9-7-11-8-10(9)12-16(14,15)13-5-3-2-4-6-13/h9-12H,2-8H2,1H3. The molecule has 5 nitrogen and oxygen atoms in total. The smallest absolute Gasteiger partial charge is 0.279 e. The number of hydrogen-bond acceptors (Lipinski definition) is 3. The molecule has 0 spiro atoms. The molecule has 16 heavy (non-hydrogen) atoms. The van der Waals surface area contributed by atoms with Crippen LogP contribution >= 0.6 is 0 Å². The molecule has 0 saturated carbocycles. The van der Waals surface area contributed by atoms with E-state index < -0.39 is 10.2 Å². The predicted molar refractivity (Wildman–Crippen MR) is 63.3 cm³/mol. The second kappa shape index (κ2) is 5.00. The zero-order chi connectivity index (χ0) is 11.6. The topological polar surface area (TPSA) is 61.4 Å². The van der Waals surface area contributed by atoms with Crippen LogP contribution in [0.3, 0.4) is 0 Å². The highest BCUT2D eigenvalue weighted by atomic mass is 32.2. The number of rotatable bonds is 3. The number of nitrogens with zero attached hydrogens (tertiary/aromatic N) is 1. The van der Waals surface area contributed by atoms with Crippen molar-refractivity contribution in [2.45, 2.75) is 32.2 Å². The first-order valence-corrected chi connectivity index (χ1v) is 7.52. The summed E-state index contributed by atoms with van der Waals surface area (Å²) in [4.78, 5) is 0. The minimum atomic E-state index is -3.26. The molecular weight excluding hydrogens is 226 g/mol. The molecule has 2 fully saturated rings. The Balaban J connectivity index is 1.96. The van der Waals surface area contributed by atoms with Crippen LogP contribution in [0.4, 0.5) is 0 Å². The summed E-state index contributed by atoms with van der Waals surface area (Å²) in [5, 5.41) is 3.20. The van der Waals surface area contributed by atoms with Crippen molar-refractivity contribution >= 4 is 10.2 Å². The first-order valence-electron chi connectivity index (χ1n) is 6.08. The molecule has 2 saturated heterocycles. The molecule has 6 heteroatoms. The van der Waals surface area contributed by atoms with Crippen molar-refractivity contribution in [2.24, 2.45) is 5.92 Å². The molecular formula is C10H21N3O2S. The molecule has 0 bridgehead atoms. The van der Waals surface area contributed by atoms with Crippen molar-refractivity contribution in [3.63, 3.8) is 0 Å². The lowest BCUT2D eigenvalue weighted by molar-refractivity contribution is 0.336. The van der Waals surface area contributed by atoms with Crippen LogP contribution in [0.25, 0.3) is 0 Å². The first kappa shape index (κ1) is 12.3. The van der Waals surface area contributed by atoms with Gasteiger partial charge in [-0.25, -0.2) is 0 Å². The molecule has 0 amide bonds. The zero-order valence-corrected chi connectivity index (χ0v) is 10.6. The Kier molecular flexibility index (Phi) is 3.84. The van der Waals surface area contributed by atoms with Crippen LogP contribution in [0.1, 0.15) is 26.2 Å². The summed E-state index contributed by atoms with van der Waals surface area (Å²) in [6.45, 7) is 5.05. The molecule has 2 rings (SSSR count). The molecule has 0 radical (unpaired) electrons. The lowest BCUT2D eigenvalue weighted by Gasteiger charge is -2.28. The molecule has 0 aliphatic carbocycles. The van der Waals surface area contributed by atoms with Gasteiger partial charge in [0, 0.05) is 25.7 Å². The van der Waals surface area contributed by atoms with Crippen molar-refractivity contribution in [3.8, 4) is 0 Å². The van der Waals surface area contributed by atoms with Crippen LogP contribution < -0.4 is 10.0 Å². The third kappa shape index (κ3) is 2.74. The van der Waals surface area contributed by atoms with Crippen molar-refractivity contribution < 1.29 is 8.42 Å². The highest BCUT2D eigenvalue weighted by molar-refractivity contribution is 7.87. The van der Waals surface area contributed by atoms with E-state index in [1.807, 2.05) is 0 Å². The minimum absolute atomic E-state index is 0.0481. The van der Waals surface area contributed by atoms with Gasteiger partial charge in [0.2, 0.25) is 0 Å². The second-order valence-electron chi connectivity index (χ2n) is 4.82. The molecule has 2 N–H and O–H groups in total. The van der Waals surface area contributed by atoms with E-state index in [1.54, 1.807) is 4.31 Å². The van der Waals surface area contributed by atoms with Gasteiger partial charge in [-0.2, -0.15) is 17.4 Å². The van der Waals surface area contributed by atoms with Gasteiger partial charge in [-0.05, 0) is 25.3 Å². The maximum Gasteiger partial charge on any atom is 0.279 e. The highest BCUT2D eigenvalue weighted by Gasteiger charge is 2.31. The van der Waals surface area contributed by atoms with Crippen molar-refractivity contribution in [1.82, 2.24) is 14.3 Å². The van der Waals surface area contributed by atoms with E-state index in [-0.39, 0.29) is 6.04 Å². The van der Waals surface area contributed by atoms with Crippen LogP contribution in [0.2, 0.25) is 0 Å². The SMILES string of the molecule is CC1CNCC1NS(=O)(=O)N1CCCCC1. The average Bonchev–Trinajstić information content (AvgIpc) is 2.65. The predicted octanol–water partition coefficient (Wildman–Crippen LogP) is -0.0854. The molecule has 94 valence electrons. The largest absolute Gasteiger partial charge is 0.315 e. The van der Waals surface area contributed by atoms with Gasteiger partial charge in [0.05, 0.1) is 0 Å². The summed E-state index contributed by atoms with van der Waals surface area (Å²) in [7, 11) is -3.26. The Hall–Kier alpha value is -0.170. The van der Waals surface area contributed by atoms with Gasteiger partial charge in [-0.15, -0.1) is 0 Å². The average molecular weight is 247 g/mol. The maximum absolute atomic E-state index is 12.1. The Morgan fingerprint density at radius 3 is 2.44 bits per heavy atom. The summed E-state index contributed by atoms with van der Waals surface area (Å²) in [5.74, 6) is 0.375. The summed E-state index contributed by atoms with van der Waals surface area (Å²) in [6.07, 6.45) is 3.12. The number of hydrogen-bond donors (Lipinski definition) is 2. The van der Waals surface area contributed by atoms with Crippen LogP contribution in [0.5, 0.6) is 0 Å². The van der Waals surface area contributed by atoms with E-state index >= 15 is 0 Å². The third-order valence-corrected chi connectivity index (χ3v) is 5.12. The van der Waals surface area contributed by atoms with Gasteiger partial charge in [0.1, 0.15) is 0 Å². The van der Waals surface area contributed by atoms with Gasteiger partial charge in [0.25, 0.3) is 10.2 Å². The third-order valence-electron chi connectivity index (χ3n) is 3.47. The summed E-state index contributed by atoms with van der Waals surface area (Å²) in [6, 6.07) is 0.0481. The van der Waals surface area contributed by atoms with Crippen LogP contribution in [0.15, 0.2) is 0 Å². The van der Waals surface area contributed by atoms with Crippen molar-refractivity contribution in [3.05, 3.63) is 0 Å². The summed E-state index contributed by atoms with van der Waals surface area (Å²) in [5.41, 5.74) is 0. The molecule has 2 unspecified atom stereocenters. The number of piperidine rings is 1. The Labute approximate surface area is 97.8 Å². The van der Waals surface area contributed by atoms with Gasteiger partial charge < -0.3 is 5.32 Å². The van der Waals surface area contributed by atoms with Crippen LogP contribution in [-0.4, -0.2) is 44.9 Å². The lowest BCUT2D eigenvalue weighted by atomic mass is 10.1. The molecule has 2 heterocycles. The lowest BCUT2D eigenvalue weighted by Crippen LogP contribution is -2.49. The normalized spacial score (nSPS) is 33.1. The van der Waals surface area contributed by atoms with Gasteiger partial charge in [0.15, 0.2) is 0 Å². The molecule has 0 aromatic heterocycles. The van der Waals surface area contributed by atoms with Crippen LogP contribution in [-0.2, 0) is 10.2 Å². The van der Waals surface area contributed by atoms with Crippen LogP contribution in [0, 0.1) is 5.92 Å². The van der Waals surface area contributed by atoms with E-state index in [2.05, 4.69) is 17.0 Å². The zero-order valence-electron chi connectivity index (χ0n) is 9.78. The summed E-state index contributed by atoms with van der Waals surface area (Å²) < 4.78 is 28.5. The van der Waals surface area contributed by atoms with Crippen molar-refractivity contribution in [2.75, 3.05) is 26.2 Å². The quantitative estimate of drug-likeness (QED) is 0.733. The fourth-order valence-corrected chi connectivity index (χ4v) is 3.93. The first-order chi connectivity index (χ1) is 7.59. The highest BCUT2D eigenvalue weighted by Crippen LogP contribution is 2.14. The van der Waals surface area contributed by atoms with Crippen molar-refractivity contribution in [1.29, 1.82) is 0 Å². The Bertz CT molecular complexity index is 325. The molecule has 2 aliphatic heterocycles. The maximum atomic E-state index is 12.1. The van der Waals surface area contributed by atoms with Gasteiger partial charge in [-0.3, -0.25) is 0 Å². The van der Waals surface area contributed by atoms with E-state index in [1.165, 1.54) is 0 Å². The monoisotopic (exact) mass is 247 g/mol. The number of nitrogens with one attached hydrogen (secondary N) is 2. The fraction of sp³-hybridized carbons (Fsp3) is 1.00. The summed E-state index contributed by atoms with van der Waals surface area (Å²) >= 11 is 0. The van der Waals surface area contributed by atoms with E-state index in [9.17, 15) is 8.42 Å². The molecule has 0 aromatic rings. The Morgan fingerprint density at radius 2 is 1.88 bits per heavy atom. The molecule has 2 atom stereocenters. The van der Waals surface area contributed by atoms with E-state index in [4.69, 9.17) is 0 Å². The fourth-order valence-electron chi connectivity index (χ4n) is 2.34. The van der Waals surface area contributed by atoms with Gasteiger partial charge >= 0.3 is 0 Å². The van der Waals surface area contributed by atoms with E-state index in [0.717, 1.165) is 32.4 Å². The second-order valence-corrected chi connectivity index (χ2v) is 6.53. The van der Waals surface area contributed by atoms with Gasteiger partial charge in [-0.1, -0.05) is 13.3 Å². The molecule has 0 aromatic carbocycles. The minimum Gasteiger partial charge on any atom is -0.315 e. The van der Waals surface area contributed by atoms with E-state index in [0.29, 0.717) is 19.0 Å². The Morgan fingerprint density at radius 1 is 1.19 bits per heavy atom.